The van der Waals surface area contributed by atoms with E-state index in [1.807, 2.05) is 0 Å². The van der Waals surface area contributed by atoms with Gasteiger partial charge in [0.05, 0.1) is 11.0 Å². The first-order chi connectivity index (χ1) is 25.1. The molecule has 240 valence electrons. The maximum absolute atomic E-state index is 2.46. The second-order valence-corrected chi connectivity index (χ2v) is 13.8. The van der Waals surface area contributed by atoms with Crippen LogP contribution in [0.3, 0.4) is 0 Å². The van der Waals surface area contributed by atoms with Gasteiger partial charge in [0.1, 0.15) is 0 Å². The standard InChI is InChI=1S/C50H35N/c1-32-28-33(2)30-36(29-32)49-42-20-9-7-18-40(42)48(41-19-8-10-21-43(41)49)35-24-26-37(27-25-35)51-47-23-13-12-17-39(47)46-31-45(34-14-4-3-5-15-34)38-16-6-11-22-44(38)50(46)51/h3-31H,1-2H3. The Morgan fingerprint density at radius 1 is 0.333 bits per heavy atom. The smallest absolute Gasteiger partial charge is 0.0619 e. The Labute approximate surface area is 297 Å². The molecule has 0 N–H and O–H groups in total. The zero-order valence-electron chi connectivity index (χ0n) is 28.7. The summed E-state index contributed by atoms with van der Waals surface area (Å²) < 4.78 is 2.46. The summed E-state index contributed by atoms with van der Waals surface area (Å²) in [7, 11) is 0. The Morgan fingerprint density at radius 3 is 1.43 bits per heavy atom. The molecule has 0 bridgehead atoms. The monoisotopic (exact) mass is 649 g/mol. The zero-order chi connectivity index (χ0) is 34.1. The van der Waals surface area contributed by atoms with Crippen molar-refractivity contribution >= 4 is 54.1 Å². The van der Waals surface area contributed by atoms with Gasteiger partial charge < -0.3 is 4.57 Å². The van der Waals surface area contributed by atoms with Gasteiger partial charge in [0.25, 0.3) is 0 Å². The van der Waals surface area contributed by atoms with E-state index >= 15 is 0 Å². The van der Waals surface area contributed by atoms with Crippen LogP contribution in [-0.2, 0) is 0 Å². The average Bonchev–Trinajstić information content (AvgIpc) is 3.51. The van der Waals surface area contributed by atoms with Crippen LogP contribution in [0.15, 0.2) is 176 Å². The largest absolute Gasteiger partial charge is 0.309 e. The second kappa shape index (κ2) is 11.6. The Morgan fingerprint density at radius 2 is 0.824 bits per heavy atom. The van der Waals surface area contributed by atoms with Gasteiger partial charge in [0.15, 0.2) is 0 Å². The van der Waals surface area contributed by atoms with E-state index < -0.39 is 0 Å². The lowest BCUT2D eigenvalue weighted by Crippen LogP contribution is -1.96. The summed E-state index contributed by atoms with van der Waals surface area (Å²) in [4.78, 5) is 0. The molecule has 0 saturated carbocycles. The fraction of sp³-hybridized carbons (Fsp3) is 0.0400. The van der Waals surface area contributed by atoms with Gasteiger partial charge in [-0.1, -0.05) is 163 Å². The molecule has 9 aromatic carbocycles. The number of benzene rings is 9. The van der Waals surface area contributed by atoms with Crippen LogP contribution in [0.4, 0.5) is 0 Å². The van der Waals surface area contributed by atoms with Gasteiger partial charge in [0, 0.05) is 21.8 Å². The van der Waals surface area contributed by atoms with Crippen molar-refractivity contribution in [1.29, 1.82) is 0 Å². The second-order valence-electron chi connectivity index (χ2n) is 13.8. The molecule has 1 heteroatoms. The minimum absolute atomic E-state index is 1.16. The highest BCUT2D eigenvalue weighted by molar-refractivity contribution is 6.23. The summed E-state index contributed by atoms with van der Waals surface area (Å²) in [6.45, 7) is 4.39. The first kappa shape index (κ1) is 29.5. The van der Waals surface area contributed by atoms with Crippen molar-refractivity contribution < 1.29 is 0 Å². The molecule has 0 fully saturated rings. The molecule has 0 atom stereocenters. The molecule has 0 unspecified atom stereocenters. The Kier molecular flexibility index (Phi) is 6.69. The topological polar surface area (TPSA) is 4.93 Å². The number of para-hydroxylation sites is 1. The third-order valence-electron chi connectivity index (χ3n) is 10.6. The highest BCUT2D eigenvalue weighted by Crippen LogP contribution is 2.45. The highest BCUT2D eigenvalue weighted by atomic mass is 15.0. The lowest BCUT2D eigenvalue weighted by Gasteiger charge is -2.19. The lowest BCUT2D eigenvalue weighted by molar-refractivity contribution is 1.19. The van der Waals surface area contributed by atoms with Gasteiger partial charge in [-0.05, 0) is 98.4 Å². The summed E-state index contributed by atoms with van der Waals surface area (Å²) in [6.07, 6.45) is 0. The third-order valence-corrected chi connectivity index (χ3v) is 10.6. The van der Waals surface area contributed by atoms with Crippen LogP contribution in [0.5, 0.6) is 0 Å². The first-order valence-electron chi connectivity index (χ1n) is 17.8. The van der Waals surface area contributed by atoms with Crippen LogP contribution < -0.4 is 0 Å². The number of fused-ring (bicyclic) bond motifs is 7. The molecule has 1 heterocycles. The van der Waals surface area contributed by atoms with Crippen LogP contribution in [0, 0.1) is 13.8 Å². The molecule has 10 rings (SSSR count). The number of hydrogen-bond donors (Lipinski definition) is 0. The molecule has 51 heavy (non-hydrogen) atoms. The zero-order valence-corrected chi connectivity index (χ0v) is 28.7. The van der Waals surface area contributed by atoms with E-state index in [9.17, 15) is 0 Å². The molecule has 0 radical (unpaired) electrons. The molecule has 0 amide bonds. The van der Waals surface area contributed by atoms with Crippen LogP contribution >= 0.6 is 0 Å². The molecule has 1 nitrogen and oxygen atoms in total. The molecule has 1 aromatic heterocycles. The van der Waals surface area contributed by atoms with E-state index in [1.54, 1.807) is 0 Å². The molecule has 10 aromatic rings. The van der Waals surface area contributed by atoms with Gasteiger partial charge in [-0.2, -0.15) is 0 Å². The average molecular weight is 650 g/mol. The predicted octanol–water partition coefficient (Wildman–Crippen LogP) is 13.9. The van der Waals surface area contributed by atoms with Crippen molar-refractivity contribution in [2.45, 2.75) is 13.8 Å². The third kappa shape index (κ3) is 4.62. The predicted molar refractivity (Wildman–Crippen MR) is 219 cm³/mol. The first-order valence-corrected chi connectivity index (χ1v) is 17.8. The maximum atomic E-state index is 2.46. The Bertz CT molecular complexity index is 2890. The van der Waals surface area contributed by atoms with E-state index in [0.717, 1.165) is 5.69 Å². The van der Waals surface area contributed by atoms with Crippen LogP contribution in [-0.4, -0.2) is 4.57 Å². The number of aromatic nitrogens is 1. The molecule has 0 spiro atoms. The van der Waals surface area contributed by atoms with E-state index in [-0.39, 0.29) is 0 Å². The minimum atomic E-state index is 1.16. The van der Waals surface area contributed by atoms with Crippen molar-refractivity contribution in [3.8, 4) is 39.1 Å². The SMILES string of the molecule is Cc1cc(C)cc(-c2c3ccccc3c(-c3ccc(-n4c5ccccc5c5cc(-c6ccccc6)c6ccccc6c54)cc3)c3ccccc23)c1. The van der Waals surface area contributed by atoms with Crippen molar-refractivity contribution in [2.24, 2.45) is 0 Å². The van der Waals surface area contributed by atoms with Gasteiger partial charge in [-0.3, -0.25) is 0 Å². The van der Waals surface area contributed by atoms with Gasteiger partial charge in [-0.15, -0.1) is 0 Å². The van der Waals surface area contributed by atoms with Gasteiger partial charge in [0.2, 0.25) is 0 Å². The van der Waals surface area contributed by atoms with Crippen LogP contribution in [0.2, 0.25) is 0 Å². The summed E-state index contributed by atoms with van der Waals surface area (Å²) in [6, 6.07) is 64.9. The Balaban J connectivity index is 1.21. The fourth-order valence-electron chi connectivity index (χ4n) is 8.59. The highest BCUT2D eigenvalue weighted by Gasteiger charge is 2.20. The van der Waals surface area contributed by atoms with E-state index in [4.69, 9.17) is 0 Å². The normalized spacial score (nSPS) is 11.7. The van der Waals surface area contributed by atoms with Crippen molar-refractivity contribution in [2.75, 3.05) is 0 Å². The maximum Gasteiger partial charge on any atom is 0.0619 e. The van der Waals surface area contributed by atoms with Crippen LogP contribution in [0.25, 0.3) is 93.2 Å². The lowest BCUT2D eigenvalue weighted by atomic mass is 9.85. The van der Waals surface area contributed by atoms with E-state index in [0.29, 0.717) is 0 Å². The molecule has 0 aliphatic heterocycles. The van der Waals surface area contributed by atoms with Crippen molar-refractivity contribution in [1.82, 2.24) is 4.57 Å². The van der Waals surface area contributed by atoms with E-state index in [2.05, 4.69) is 194 Å². The fourth-order valence-corrected chi connectivity index (χ4v) is 8.59. The summed E-state index contributed by atoms with van der Waals surface area (Å²) in [5, 5.41) is 10.2. The Hall–Kier alpha value is -6.44. The summed E-state index contributed by atoms with van der Waals surface area (Å²) in [5.74, 6) is 0. The van der Waals surface area contributed by atoms with Gasteiger partial charge in [-0.25, -0.2) is 0 Å². The minimum Gasteiger partial charge on any atom is -0.309 e. The molecular weight excluding hydrogens is 615 g/mol. The summed E-state index contributed by atoms with van der Waals surface area (Å²) in [5.41, 5.74) is 13.8. The quantitative estimate of drug-likeness (QED) is 0.167. The summed E-state index contributed by atoms with van der Waals surface area (Å²) >= 11 is 0. The molecule has 0 aliphatic rings. The molecular formula is C50H35N. The molecule has 0 aliphatic carbocycles. The molecule has 0 saturated heterocycles. The van der Waals surface area contributed by atoms with Crippen molar-refractivity contribution in [3.05, 3.63) is 187 Å². The van der Waals surface area contributed by atoms with Crippen LogP contribution in [0.1, 0.15) is 11.1 Å². The number of aryl methyl sites for hydroxylation is 2. The number of rotatable bonds is 4. The van der Waals surface area contributed by atoms with E-state index in [1.165, 1.54) is 98.6 Å². The van der Waals surface area contributed by atoms with Crippen molar-refractivity contribution in [3.63, 3.8) is 0 Å². The number of nitrogens with zero attached hydrogens (tertiary/aromatic N) is 1. The van der Waals surface area contributed by atoms with Gasteiger partial charge >= 0.3 is 0 Å². The number of hydrogen-bond acceptors (Lipinski definition) is 0.